The maximum absolute atomic E-state index is 13.0. The van der Waals surface area contributed by atoms with Gasteiger partial charge in [0.2, 0.25) is 23.6 Å². The molecule has 0 bridgehead atoms. The van der Waals surface area contributed by atoms with Gasteiger partial charge in [0, 0.05) is 24.7 Å². The number of carboxylic acid groups (broad SMARTS) is 1. The van der Waals surface area contributed by atoms with Crippen molar-refractivity contribution in [2.24, 2.45) is 11.5 Å². The van der Waals surface area contributed by atoms with Crippen molar-refractivity contribution in [3.63, 3.8) is 0 Å². The van der Waals surface area contributed by atoms with Crippen molar-refractivity contribution >= 4 is 29.6 Å². The van der Waals surface area contributed by atoms with Crippen molar-refractivity contribution in [3.05, 3.63) is 54.1 Å². The van der Waals surface area contributed by atoms with Crippen LogP contribution in [0.4, 0.5) is 0 Å². The van der Waals surface area contributed by atoms with Crippen molar-refractivity contribution in [1.29, 1.82) is 0 Å². The number of amides is 4. The van der Waals surface area contributed by atoms with Crippen LogP contribution in [0.25, 0.3) is 0 Å². The molecule has 1 aromatic heterocycles. The Kier molecular flexibility index (Phi) is 10.4. The fourth-order valence-corrected chi connectivity index (χ4v) is 3.18. The smallest absolute Gasteiger partial charge is 0.322 e. The van der Waals surface area contributed by atoms with Crippen LogP contribution in [0.2, 0.25) is 0 Å². The molecule has 0 radical (unpaired) electrons. The van der Waals surface area contributed by atoms with E-state index < -0.39 is 54.3 Å². The standard InChI is InChI=1S/C22H29N7O6/c23-15(8-13-4-2-1-3-5-13)20(33)28-16(6-7-18(24)30)22(35)29-17(9-14-10-25-12-27-14)21(34)26-11-19(31)32/h1-5,10,12,15-17H,6-9,11,23H2,(H2,24,30)(H,25,27)(H,26,34)(H,28,33)(H,29,35)(H,31,32). The SMILES string of the molecule is NC(=O)CCC(NC(=O)C(N)Cc1ccccc1)C(=O)NC(Cc1cnc[nH]1)C(=O)NCC(=O)O. The minimum atomic E-state index is -1.26. The van der Waals surface area contributed by atoms with Crippen LogP contribution in [-0.2, 0) is 36.8 Å². The van der Waals surface area contributed by atoms with E-state index in [0.29, 0.717) is 5.69 Å². The highest BCUT2D eigenvalue weighted by Gasteiger charge is 2.29. The van der Waals surface area contributed by atoms with Crippen molar-refractivity contribution in [1.82, 2.24) is 25.9 Å². The third-order valence-electron chi connectivity index (χ3n) is 4.97. The highest BCUT2D eigenvalue weighted by Crippen LogP contribution is 2.05. The molecule has 13 heteroatoms. The average Bonchev–Trinajstić information content (AvgIpc) is 3.33. The molecule has 188 valence electrons. The number of nitrogens with two attached hydrogens (primary N) is 2. The number of nitrogens with one attached hydrogen (secondary N) is 4. The van der Waals surface area contributed by atoms with E-state index in [1.165, 1.54) is 12.5 Å². The topological polar surface area (TPSA) is 222 Å². The number of benzene rings is 1. The monoisotopic (exact) mass is 487 g/mol. The number of nitrogens with zero attached hydrogens (tertiary/aromatic N) is 1. The van der Waals surface area contributed by atoms with Gasteiger partial charge in [-0.2, -0.15) is 0 Å². The molecule has 3 unspecified atom stereocenters. The third-order valence-corrected chi connectivity index (χ3v) is 4.97. The molecule has 0 spiro atoms. The summed E-state index contributed by atoms with van der Waals surface area (Å²) in [5, 5.41) is 16.0. The Bertz CT molecular complexity index is 1010. The summed E-state index contributed by atoms with van der Waals surface area (Å²) in [5.41, 5.74) is 12.5. The van der Waals surface area contributed by atoms with Gasteiger partial charge in [-0.1, -0.05) is 30.3 Å². The predicted octanol–water partition coefficient (Wildman–Crippen LogP) is -2.04. The van der Waals surface area contributed by atoms with Gasteiger partial charge in [0.05, 0.1) is 12.4 Å². The molecule has 1 aromatic carbocycles. The second-order valence-corrected chi connectivity index (χ2v) is 7.82. The van der Waals surface area contributed by atoms with Gasteiger partial charge in [-0.25, -0.2) is 4.98 Å². The maximum atomic E-state index is 13.0. The number of primary amides is 1. The third kappa shape index (κ3) is 9.63. The number of carboxylic acids is 1. The number of rotatable bonds is 14. The molecule has 4 amide bonds. The minimum Gasteiger partial charge on any atom is -0.480 e. The van der Waals surface area contributed by atoms with E-state index in [1.54, 1.807) is 24.3 Å². The Morgan fingerprint density at radius 3 is 2.26 bits per heavy atom. The second-order valence-electron chi connectivity index (χ2n) is 7.82. The molecule has 0 saturated carbocycles. The predicted molar refractivity (Wildman–Crippen MR) is 123 cm³/mol. The quantitative estimate of drug-likeness (QED) is 0.157. The van der Waals surface area contributed by atoms with Gasteiger partial charge in [-0.3, -0.25) is 24.0 Å². The molecular weight excluding hydrogens is 458 g/mol. The van der Waals surface area contributed by atoms with Crippen molar-refractivity contribution in [2.45, 2.75) is 43.8 Å². The number of H-pyrrole nitrogens is 1. The lowest BCUT2D eigenvalue weighted by molar-refractivity contribution is -0.138. The first kappa shape index (κ1) is 27.0. The highest BCUT2D eigenvalue weighted by molar-refractivity contribution is 5.94. The number of carbonyl (C=O) groups excluding carboxylic acids is 4. The number of hydrogen-bond acceptors (Lipinski definition) is 7. The van der Waals surface area contributed by atoms with Crippen molar-refractivity contribution in [3.8, 4) is 0 Å². The average molecular weight is 488 g/mol. The van der Waals surface area contributed by atoms with Gasteiger partial charge >= 0.3 is 5.97 Å². The van der Waals surface area contributed by atoms with Crippen LogP contribution in [0.3, 0.4) is 0 Å². The van der Waals surface area contributed by atoms with E-state index in [4.69, 9.17) is 16.6 Å². The molecule has 0 fully saturated rings. The van der Waals surface area contributed by atoms with E-state index in [9.17, 15) is 24.0 Å². The van der Waals surface area contributed by atoms with E-state index in [1.807, 2.05) is 6.07 Å². The summed E-state index contributed by atoms with van der Waals surface area (Å²) in [7, 11) is 0. The molecule has 2 aromatic rings. The van der Waals surface area contributed by atoms with E-state index >= 15 is 0 Å². The maximum Gasteiger partial charge on any atom is 0.322 e. The summed E-state index contributed by atoms with van der Waals surface area (Å²) in [6, 6.07) is 5.67. The normalized spacial score (nSPS) is 13.2. The van der Waals surface area contributed by atoms with Crippen molar-refractivity contribution < 1.29 is 29.1 Å². The lowest BCUT2D eigenvalue weighted by Gasteiger charge is -2.24. The van der Waals surface area contributed by atoms with E-state index in [0.717, 1.165) is 5.56 Å². The lowest BCUT2D eigenvalue weighted by Crippen LogP contribution is -2.56. The summed E-state index contributed by atoms with van der Waals surface area (Å²) in [6.07, 6.45) is 2.69. The Balaban J connectivity index is 2.11. The Labute approximate surface area is 201 Å². The molecule has 2 rings (SSSR count). The number of hydrogen-bond donors (Lipinski definition) is 7. The first-order valence-corrected chi connectivity index (χ1v) is 10.8. The van der Waals surface area contributed by atoms with Gasteiger partial charge < -0.3 is 37.5 Å². The molecule has 35 heavy (non-hydrogen) atoms. The first-order valence-electron chi connectivity index (χ1n) is 10.8. The summed E-state index contributed by atoms with van der Waals surface area (Å²) in [5.74, 6) is -4.08. The Morgan fingerprint density at radius 2 is 1.66 bits per heavy atom. The van der Waals surface area contributed by atoms with Crippen LogP contribution < -0.4 is 27.4 Å². The lowest BCUT2D eigenvalue weighted by atomic mass is 10.0. The zero-order chi connectivity index (χ0) is 25.8. The van der Waals surface area contributed by atoms with E-state index in [2.05, 4.69) is 25.9 Å². The largest absolute Gasteiger partial charge is 0.480 e. The molecule has 0 aliphatic rings. The fraction of sp³-hybridized carbons (Fsp3) is 0.364. The minimum absolute atomic E-state index is 0.0266. The van der Waals surface area contributed by atoms with Gasteiger partial charge in [-0.15, -0.1) is 0 Å². The number of carbonyl (C=O) groups is 5. The number of imidazole rings is 1. The van der Waals surface area contributed by atoms with E-state index in [-0.39, 0.29) is 25.7 Å². The number of aliphatic carboxylic acids is 1. The second kappa shape index (κ2) is 13.4. The van der Waals surface area contributed by atoms with Gasteiger partial charge in [0.25, 0.3) is 0 Å². The highest BCUT2D eigenvalue weighted by atomic mass is 16.4. The van der Waals surface area contributed by atoms with Gasteiger partial charge in [0.15, 0.2) is 0 Å². The van der Waals surface area contributed by atoms with Crippen LogP contribution >= 0.6 is 0 Å². The Morgan fingerprint density at radius 1 is 0.971 bits per heavy atom. The fourth-order valence-electron chi connectivity index (χ4n) is 3.18. The zero-order valence-electron chi connectivity index (χ0n) is 18.9. The summed E-state index contributed by atoms with van der Waals surface area (Å²) in [6.45, 7) is -0.648. The molecular formula is C22H29N7O6. The molecule has 1 heterocycles. The van der Waals surface area contributed by atoms with Crippen LogP contribution in [0, 0.1) is 0 Å². The van der Waals surface area contributed by atoms with Crippen LogP contribution in [0.15, 0.2) is 42.9 Å². The molecule has 3 atom stereocenters. The van der Waals surface area contributed by atoms with Crippen LogP contribution in [0.1, 0.15) is 24.1 Å². The summed E-state index contributed by atoms with van der Waals surface area (Å²) >= 11 is 0. The number of aromatic amines is 1. The Hall–Kier alpha value is -4.26. The number of aromatic nitrogens is 2. The molecule has 0 saturated heterocycles. The van der Waals surface area contributed by atoms with Crippen LogP contribution in [0.5, 0.6) is 0 Å². The first-order chi connectivity index (χ1) is 16.7. The summed E-state index contributed by atoms with van der Waals surface area (Å²) in [4.78, 5) is 67.0. The van der Waals surface area contributed by atoms with Gasteiger partial charge in [0.1, 0.15) is 18.6 Å². The van der Waals surface area contributed by atoms with Crippen molar-refractivity contribution in [2.75, 3.05) is 6.54 Å². The zero-order valence-corrected chi connectivity index (χ0v) is 18.9. The molecule has 0 aliphatic heterocycles. The summed E-state index contributed by atoms with van der Waals surface area (Å²) < 4.78 is 0. The molecule has 9 N–H and O–H groups in total. The molecule has 0 aliphatic carbocycles. The molecule has 13 nitrogen and oxygen atoms in total. The van der Waals surface area contributed by atoms with Crippen LogP contribution in [-0.4, -0.2) is 69.3 Å². The van der Waals surface area contributed by atoms with Gasteiger partial charge in [-0.05, 0) is 18.4 Å².